The molecule has 1 aromatic heterocycles. The maximum absolute atomic E-state index is 11.5. The van der Waals surface area contributed by atoms with Gasteiger partial charge in [0.1, 0.15) is 18.3 Å². The zero-order chi connectivity index (χ0) is 18.5. The van der Waals surface area contributed by atoms with Crippen molar-refractivity contribution in [3.05, 3.63) is 46.5 Å². The predicted molar refractivity (Wildman–Crippen MR) is 101 cm³/mol. The summed E-state index contributed by atoms with van der Waals surface area (Å²) in [5, 5.41) is 16.0. The summed E-state index contributed by atoms with van der Waals surface area (Å²) in [5.74, 6) is 0.517. The molecule has 0 radical (unpaired) electrons. The molecule has 0 fully saturated rings. The summed E-state index contributed by atoms with van der Waals surface area (Å²) in [6, 6.07) is 4.86. The van der Waals surface area contributed by atoms with Gasteiger partial charge in [0.05, 0.1) is 12.3 Å². The lowest BCUT2D eigenvalue weighted by Gasteiger charge is -2.29. The average Bonchev–Trinajstić information content (AvgIpc) is 3.04. The first-order valence-corrected chi connectivity index (χ1v) is 10.8. The molecule has 1 unspecified atom stereocenters. The SMILES string of the molecule is CNS(=O)(=O)CCSCC(O)(Cn1cncn1)c1ccc(Cl)cc1Cl. The van der Waals surface area contributed by atoms with E-state index in [1.165, 1.54) is 36.1 Å². The van der Waals surface area contributed by atoms with Crippen LogP contribution in [0.4, 0.5) is 0 Å². The van der Waals surface area contributed by atoms with Crippen molar-refractivity contribution in [1.82, 2.24) is 19.5 Å². The Labute approximate surface area is 160 Å². The van der Waals surface area contributed by atoms with E-state index in [1.54, 1.807) is 18.2 Å². The largest absolute Gasteiger partial charge is 0.382 e. The smallest absolute Gasteiger partial charge is 0.212 e. The standard InChI is InChI=1S/C14H18Cl2N4O3S2/c1-17-25(22,23)5-4-24-8-14(21,7-20-10-18-9-19-20)12-3-2-11(15)6-13(12)16/h2-3,6,9-10,17,21H,4-5,7-8H2,1H3. The van der Waals surface area contributed by atoms with E-state index < -0.39 is 15.6 Å². The summed E-state index contributed by atoms with van der Waals surface area (Å²) in [6.07, 6.45) is 2.86. The minimum atomic E-state index is -3.29. The highest BCUT2D eigenvalue weighted by Crippen LogP contribution is 2.34. The maximum atomic E-state index is 11.5. The molecule has 2 N–H and O–H groups in total. The van der Waals surface area contributed by atoms with Gasteiger partial charge >= 0.3 is 0 Å². The number of benzene rings is 1. The van der Waals surface area contributed by atoms with E-state index in [-0.39, 0.29) is 18.1 Å². The summed E-state index contributed by atoms with van der Waals surface area (Å²) in [6.45, 7) is 0.125. The van der Waals surface area contributed by atoms with E-state index in [1.807, 2.05) is 0 Å². The number of aliphatic hydroxyl groups is 1. The molecular formula is C14H18Cl2N4O3S2. The number of halogens is 2. The molecule has 11 heteroatoms. The molecule has 0 saturated heterocycles. The van der Waals surface area contributed by atoms with E-state index in [0.29, 0.717) is 21.4 Å². The van der Waals surface area contributed by atoms with Crippen LogP contribution in [0.5, 0.6) is 0 Å². The number of sulfonamides is 1. The van der Waals surface area contributed by atoms with Gasteiger partial charge in [0.2, 0.25) is 10.0 Å². The molecule has 0 aliphatic rings. The van der Waals surface area contributed by atoms with Crippen LogP contribution in [0.25, 0.3) is 0 Å². The van der Waals surface area contributed by atoms with Gasteiger partial charge in [-0.1, -0.05) is 29.3 Å². The van der Waals surface area contributed by atoms with E-state index in [9.17, 15) is 13.5 Å². The summed E-state index contributed by atoms with van der Waals surface area (Å²) >= 11 is 13.5. The summed E-state index contributed by atoms with van der Waals surface area (Å²) in [5.41, 5.74) is -0.860. The monoisotopic (exact) mass is 424 g/mol. The van der Waals surface area contributed by atoms with Crippen LogP contribution in [0.1, 0.15) is 5.56 Å². The molecule has 0 saturated carbocycles. The van der Waals surface area contributed by atoms with Crippen LogP contribution in [0, 0.1) is 0 Å². The van der Waals surface area contributed by atoms with Gasteiger partial charge in [-0.05, 0) is 19.2 Å². The molecule has 0 amide bonds. The Morgan fingerprint density at radius 3 is 2.76 bits per heavy atom. The zero-order valence-corrected chi connectivity index (χ0v) is 16.5. The van der Waals surface area contributed by atoms with Crippen molar-refractivity contribution in [2.75, 3.05) is 24.3 Å². The molecule has 1 heterocycles. The first kappa shape index (κ1) is 20.5. The maximum Gasteiger partial charge on any atom is 0.212 e. The summed E-state index contributed by atoms with van der Waals surface area (Å²) < 4.78 is 26.7. The van der Waals surface area contributed by atoms with Crippen molar-refractivity contribution >= 4 is 45.0 Å². The summed E-state index contributed by atoms with van der Waals surface area (Å²) in [4.78, 5) is 3.87. The number of hydrogen-bond donors (Lipinski definition) is 2. The van der Waals surface area contributed by atoms with Crippen molar-refractivity contribution in [3.63, 3.8) is 0 Å². The van der Waals surface area contributed by atoms with Crippen LogP contribution in [-0.4, -0.2) is 52.6 Å². The Hall–Kier alpha value is -0.840. The van der Waals surface area contributed by atoms with Crippen LogP contribution in [0.15, 0.2) is 30.9 Å². The minimum Gasteiger partial charge on any atom is -0.382 e. The number of aromatic nitrogens is 3. The Morgan fingerprint density at radius 2 is 2.16 bits per heavy atom. The molecule has 138 valence electrons. The predicted octanol–water partition coefficient (Wildman–Crippen LogP) is 1.76. The van der Waals surface area contributed by atoms with Gasteiger partial charge < -0.3 is 5.11 Å². The molecule has 1 aromatic carbocycles. The van der Waals surface area contributed by atoms with Gasteiger partial charge in [0.25, 0.3) is 0 Å². The molecule has 0 spiro atoms. The third-order valence-corrected chi connectivity index (χ3v) is 6.82. The van der Waals surface area contributed by atoms with Crippen LogP contribution < -0.4 is 4.72 Å². The topological polar surface area (TPSA) is 97.1 Å². The van der Waals surface area contributed by atoms with Gasteiger partial charge in [-0.25, -0.2) is 22.8 Å². The highest BCUT2D eigenvalue weighted by atomic mass is 35.5. The number of thioether (sulfide) groups is 1. The van der Waals surface area contributed by atoms with Gasteiger partial charge in [-0.3, -0.25) is 0 Å². The Kier molecular flexibility index (Phi) is 7.12. The second-order valence-electron chi connectivity index (χ2n) is 5.32. The molecule has 25 heavy (non-hydrogen) atoms. The molecule has 0 bridgehead atoms. The van der Waals surface area contributed by atoms with Crippen LogP contribution in [-0.2, 0) is 22.2 Å². The molecule has 2 rings (SSSR count). The fourth-order valence-electron chi connectivity index (χ4n) is 2.17. The lowest BCUT2D eigenvalue weighted by molar-refractivity contribution is 0.0398. The summed E-state index contributed by atoms with van der Waals surface area (Å²) in [7, 11) is -1.92. The number of nitrogens with zero attached hydrogens (tertiary/aromatic N) is 3. The Balaban J connectivity index is 2.17. The molecule has 2 aromatic rings. The fraction of sp³-hybridized carbons (Fsp3) is 0.429. The first-order valence-electron chi connectivity index (χ1n) is 7.25. The van der Waals surface area contributed by atoms with Crippen LogP contribution in [0.3, 0.4) is 0 Å². The Bertz CT molecular complexity index is 802. The molecular weight excluding hydrogens is 407 g/mol. The van der Waals surface area contributed by atoms with E-state index >= 15 is 0 Å². The normalized spacial score (nSPS) is 14.4. The number of hydrogen-bond acceptors (Lipinski definition) is 6. The Morgan fingerprint density at radius 1 is 1.40 bits per heavy atom. The third-order valence-electron chi connectivity index (χ3n) is 3.47. The second-order valence-corrected chi connectivity index (χ2v) is 9.32. The van der Waals surface area contributed by atoms with Gasteiger partial charge in [-0.2, -0.15) is 16.9 Å². The second kappa shape index (κ2) is 8.70. The van der Waals surface area contributed by atoms with Crippen LogP contribution in [0.2, 0.25) is 10.0 Å². The van der Waals surface area contributed by atoms with Gasteiger partial charge in [0, 0.05) is 27.1 Å². The molecule has 0 aliphatic carbocycles. The van der Waals surface area contributed by atoms with Crippen molar-refractivity contribution in [3.8, 4) is 0 Å². The molecule has 0 aliphatic heterocycles. The number of rotatable bonds is 9. The minimum absolute atomic E-state index is 0.0398. The van der Waals surface area contributed by atoms with Gasteiger partial charge in [-0.15, -0.1) is 0 Å². The van der Waals surface area contributed by atoms with E-state index in [0.717, 1.165) is 0 Å². The fourth-order valence-corrected chi connectivity index (χ4v) is 5.04. The van der Waals surface area contributed by atoms with Crippen LogP contribution >= 0.6 is 35.0 Å². The van der Waals surface area contributed by atoms with Crippen molar-refractivity contribution < 1.29 is 13.5 Å². The van der Waals surface area contributed by atoms with Crippen molar-refractivity contribution in [1.29, 1.82) is 0 Å². The first-order chi connectivity index (χ1) is 11.8. The quantitative estimate of drug-likeness (QED) is 0.595. The third kappa shape index (κ3) is 5.83. The average molecular weight is 425 g/mol. The van der Waals surface area contributed by atoms with E-state index in [2.05, 4.69) is 14.8 Å². The molecule has 7 nitrogen and oxygen atoms in total. The highest BCUT2D eigenvalue weighted by molar-refractivity contribution is 8.00. The lowest BCUT2D eigenvalue weighted by Crippen LogP contribution is -2.35. The number of nitrogens with one attached hydrogen (secondary N) is 1. The molecule has 1 atom stereocenters. The highest BCUT2D eigenvalue weighted by Gasteiger charge is 2.32. The van der Waals surface area contributed by atoms with Crippen molar-refractivity contribution in [2.24, 2.45) is 0 Å². The lowest BCUT2D eigenvalue weighted by atomic mass is 9.95. The van der Waals surface area contributed by atoms with E-state index in [4.69, 9.17) is 23.2 Å². The van der Waals surface area contributed by atoms with Crippen molar-refractivity contribution in [2.45, 2.75) is 12.1 Å². The zero-order valence-electron chi connectivity index (χ0n) is 13.4. The van der Waals surface area contributed by atoms with Gasteiger partial charge in [0.15, 0.2) is 0 Å².